The highest BCUT2D eigenvalue weighted by Gasteiger charge is 2.19. The SMILES string of the molecule is CCN(CC)CC(F)C(=O)CC(C)C. The van der Waals surface area contributed by atoms with Gasteiger partial charge in [-0.25, -0.2) is 4.39 Å². The van der Waals surface area contributed by atoms with Crippen LogP contribution in [0.3, 0.4) is 0 Å². The number of rotatable bonds is 7. The Balaban J connectivity index is 3.93. The molecule has 84 valence electrons. The Bertz CT molecular complexity index is 167. The lowest BCUT2D eigenvalue weighted by molar-refractivity contribution is -0.125. The van der Waals surface area contributed by atoms with Crippen LogP contribution in [0, 0.1) is 5.92 Å². The van der Waals surface area contributed by atoms with Crippen LogP contribution in [0.1, 0.15) is 34.1 Å². The van der Waals surface area contributed by atoms with E-state index in [1.54, 1.807) is 0 Å². The van der Waals surface area contributed by atoms with Crippen molar-refractivity contribution in [3.05, 3.63) is 0 Å². The van der Waals surface area contributed by atoms with E-state index in [1.165, 1.54) is 0 Å². The van der Waals surface area contributed by atoms with Gasteiger partial charge in [-0.2, -0.15) is 0 Å². The molecular formula is C11H22FNO. The lowest BCUT2D eigenvalue weighted by Crippen LogP contribution is -2.34. The fourth-order valence-corrected chi connectivity index (χ4v) is 1.34. The molecule has 0 aromatic rings. The first-order valence-corrected chi connectivity index (χ1v) is 5.40. The fraction of sp³-hybridized carbons (Fsp3) is 0.909. The zero-order valence-electron chi connectivity index (χ0n) is 9.72. The van der Waals surface area contributed by atoms with Crippen molar-refractivity contribution in [1.82, 2.24) is 4.90 Å². The molecule has 0 heterocycles. The van der Waals surface area contributed by atoms with E-state index in [9.17, 15) is 9.18 Å². The molecule has 1 unspecified atom stereocenters. The number of Topliss-reactive ketones (excluding diaryl/α,β-unsaturated/α-hetero) is 1. The summed E-state index contributed by atoms with van der Waals surface area (Å²) >= 11 is 0. The zero-order chi connectivity index (χ0) is 11.1. The molecule has 14 heavy (non-hydrogen) atoms. The monoisotopic (exact) mass is 203 g/mol. The highest BCUT2D eigenvalue weighted by atomic mass is 19.1. The second kappa shape index (κ2) is 6.93. The Kier molecular flexibility index (Phi) is 6.71. The van der Waals surface area contributed by atoms with Gasteiger partial charge in [0.05, 0.1) is 0 Å². The summed E-state index contributed by atoms with van der Waals surface area (Å²) in [4.78, 5) is 13.3. The molecule has 3 heteroatoms. The molecule has 2 nitrogen and oxygen atoms in total. The summed E-state index contributed by atoms with van der Waals surface area (Å²) in [5.74, 6) is -0.00986. The molecule has 0 spiro atoms. The maximum atomic E-state index is 13.4. The van der Waals surface area contributed by atoms with Gasteiger partial charge < -0.3 is 4.90 Å². The predicted octanol–water partition coefficient (Wildman–Crippen LogP) is 2.28. The molecule has 0 fully saturated rings. The topological polar surface area (TPSA) is 20.3 Å². The molecule has 0 amide bonds. The largest absolute Gasteiger partial charge is 0.301 e. The number of halogens is 1. The highest BCUT2D eigenvalue weighted by Crippen LogP contribution is 2.07. The molecule has 0 radical (unpaired) electrons. The van der Waals surface area contributed by atoms with E-state index < -0.39 is 6.17 Å². The van der Waals surface area contributed by atoms with Crippen molar-refractivity contribution in [3.8, 4) is 0 Å². The summed E-state index contributed by atoms with van der Waals surface area (Å²) in [6, 6.07) is 0. The van der Waals surface area contributed by atoms with Crippen LogP contribution in [0.15, 0.2) is 0 Å². The maximum Gasteiger partial charge on any atom is 0.171 e. The van der Waals surface area contributed by atoms with Crippen LogP contribution in [0.4, 0.5) is 4.39 Å². The minimum Gasteiger partial charge on any atom is -0.301 e. The lowest BCUT2D eigenvalue weighted by Gasteiger charge is -2.20. The van der Waals surface area contributed by atoms with E-state index in [-0.39, 0.29) is 18.2 Å². The lowest BCUT2D eigenvalue weighted by atomic mass is 10.0. The van der Waals surface area contributed by atoms with Gasteiger partial charge in [-0.05, 0) is 19.0 Å². The van der Waals surface area contributed by atoms with Gasteiger partial charge in [-0.1, -0.05) is 27.7 Å². The number of carbonyl (C=O) groups is 1. The van der Waals surface area contributed by atoms with Crippen LogP contribution < -0.4 is 0 Å². The third-order valence-corrected chi connectivity index (χ3v) is 2.27. The zero-order valence-corrected chi connectivity index (χ0v) is 9.72. The van der Waals surface area contributed by atoms with Gasteiger partial charge in [0.25, 0.3) is 0 Å². The molecule has 0 aliphatic carbocycles. The Morgan fingerprint density at radius 2 is 1.79 bits per heavy atom. The first kappa shape index (κ1) is 13.6. The van der Waals surface area contributed by atoms with E-state index in [2.05, 4.69) is 0 Å². The predicted molar refractivity (Wildman–Crippen MR) is 57.1 cm³/mol. The van der Waals surface area contributed by atoms with Gasteiger partial charge in [0, 0.05) is 13.0 Å². The first-order valence-electron chi connectivity index (χ1n) is 5.40. The van der Waals surface area contributed by atoms with Crippen LogP contribution in [0.25, 0.3) is 0 Å². The molecular weight excluding hydrogens is 181 g/mol. The van der Waals surface area contributed by atoms with Gasteiger partial charge in [0.15, 0.2) is 12.0 Å². The van der Waals surface area contributed by atoms with Crippen molar-refractivity contribution in [2.45, 2.75) is 40.3 Å². The summed E-state index contributed by atoms with van der Waals surface area (Å²) in [5.41, 5.74) is 0. The highest BCUT2D eigenvalue weighted by molar-refractivity contribution is 5.83. The Morgan fingerprint density at radius 3 is 2.14 bits per heavy atom. The van der Waals surface area contributed by atoms with Crippen LogP contribution in [0.2, 0.25) is 0 Å². The van der Waals surface area contributed by atoms with Gasteiger partial charge >= 0.3 is 0 Å². The molecule has 0 aliphatic rings. The Hall–Kier alpha value is -0.440. The van der Waals surface area contributed by atoms with E-state index in [0.717, 1.165) is 13.1 Å². The quantitative estimate of drug-likeness (QED) is 0.632. The number of alkyl halides is 1. The number of ketones is 1. The molecule has 0 aromatic heterocycles. The molecule has 0 N–H and O–H groups in total. The van der Waals surface area contributed by atoms with Crippen molar-refractivity contribution in [3.63, 3.8) is 0 Å². The van der Waals surface area contributed by atoms with Gasteiger partial charge in [0.2, 0.25) is 0 Å². The van der Waals surface area contributed by atoms with Crippen molar-refractivity contribution >= 4 is 5.78 Å². The van der Waals surface area contributed by atoms with E-state index >= 15 is 0 Å². The summed E-state index contributed by atoms with van der Waals surface area (Å²) in [7, 11) is 0. The standard InChI is InChI=1S/C11H22FNO/c1-5-13(6-2)8-10(12)11(14)7-9(3)4/h9-10H,5-8H2,1-4H3. The molecule has 0 bridgehead atoms. The molecule has 0 saturated heterocycles. The number of carbonyl (C=O) groups excluding carboxylic acids is 1. The minimum absolute atomic E-state index is 0.248. The maximum absolute atomic E-state index is 13.4. The van der Waals surface area contributed by atoms with Crippen molar-refractivity contribution in [2.24, 2.45) is 5.92 Å². The van der Waals surface area contributed by atoms with Crippen LogP contribution >= 0.6 is 0 Å². The van der Waals surface area contributed by atoms with Gasteiger partial charge in [-0.3, -0.25) is 4.79 Å². The number of hydrogen-bond acceptors (Lipinski definition) is 2. The molecule has 0 rings (SSSR count). The summed E-state index contributed by atoms with van der Waals surface area (Å²) in [5, 5.41) is 0. The fourth-order valence-electron chi connectivity index (χ4n) is 1.34. The summed E-state index contributed by atoms with van der Waals surface area (Å²) in [6.45, 7) is 9.66. The second-order valence-corrected chi connectivity index (χ2v) is 4.02. The molecule has 1 atom stereocenters. The van der Waals surface area contributed by atoms with E-state index in [1.807, 2.05) is 32.6 Å². The van der Waals surface area contributed by atoms with Crippen LogP contribution in [-0.4, -0.2) is 36.5 Å². The molecule has 0 aromatic carbocycles. The van der Waals surface area contributed by atoms with Gasteiger partial charge in [-0.15, -0.1) is 0 Å². The normalized spacial score (nSPS) is 13.6. The third-order valence-electron chi connectivity index (χ3n) is 2.27. The van der Waals surface area contributed by atoms with Gasteiger partial charge in [0.1, 0.15) is 0 Å². The Morgan fingerprint density at radius 1 is 1.29 bits per heavy atom. The number of nitrogens with zero attached hydrogens (tertiary/aromatic N) is 1. The van der Waals surface area contributed by atoms with Crippen LogP contribution in [0.5, 0.6) is 0 Å². The van der Waals surface area contributed by atoms with E-state index in [4.69, 9.17) is 0 Å². The average molecular weight is 203 g/mol. The molecule has 0 saturated carbocycles. The van der Waals surface area contributed by atoms with E-state index in [0.29, 0.717) is 6.42 Å². The first-order chi connectivity index (χ1) is 6.51. The molecule has 0 aliphatic heterocycles. The van der Waals surface area contributed by atoms with Crippen molar-refractivity contribution < 1.29 is 9.18 Å². The van der Waals surface area contributed by atoms with Crippen LogP contribution in [-0.2, 0) is 4.79 Å². The van der Waals surface area contributed by atoms with Crippen molar-refractivity contribution in [1.29, 1.82) is 0 Å². The minimum atomic E-state index is -1.31. The van der Waals surface area contributed by atoms with Crippen molar-refractivity contribution in [2.75, 3.05) is 19.6 Å². The summed E-state index contributed by atoms with van der Waals surface area (Å²) < 4.78 is 13.4. The summed E-state index contributed by atoms with van der Waals surface area (Å²) in [6.07, 6.45) is -0.958. The smallest absolute Gasteiger partial charge is 0.171 e. The Labute approximate surface area is 86.5 Å². The third kappa shape index (κ3) is 5.32. The average Bonchev–Trinajstić information content (AvgIpc) is 2.12. The second-order valence-electron chi connectivity index (χ2n) is 4.02. The number of hydrogen-bond donors (Lipinski definition) is 0.